The van der Waals surface area contributed by atoms with Gasteiger partial charge in [-0.25, -0.2) is 12.2 Å². The topological polar surface area (TPSA) is 0 Å². The van der Waals surface area contributed by atoms with Crippen molar-refractivity contribution in [3.8, 4) is 0 Å². The SMILES string of the molecule is C1=CC2[CH-]C3C4C=CC=CC4C4C=CC=CC4C3C2C=C1.C[Si](C)=[Zr+2].[C-]1=CC=CC1.[Cl-].[Cl-]. The first-order valence-electron chi connectivity index (χ1n) is 11.3. The van der Waals surface area contributed by atoms with Gasteiger partial charge in [0.05, 0.1) is 0 Å². The molecule has 6 rings (SSSR count). The Hall–Kier alpha value is -0.400. The van der Waals surface area contributed by atoms with Crippen molar-refractivity contribution in [3.05, 3.63) is 104 Å². The van der Waals surface area contributed by atoms with E-state index in [1.54, 1.807) is 23.3 Å². The first-order valence-corrected chi connectivity index (χ1v) is 17.5. The van der Waals surface area contributed by atoms with Crippen LogP contribution < -0.4 is 24.8 Å². The van der Waals surface area contributed by atoms with Crippen molar-refractivity contribution >= 4 is 5.43 Å². The summed E-state index contributed by atoms with van der Waals surface area (Å²) < 4.78 is 0. The molecule has 0 bridgehead atoms. The minimum absolute atomic E-state index is 0. The van der Waals surface area contributed by atoms with Gasteiger partial charge in [0, 0.05) is 0 Å². The third-order valence-electron chi connectivity index (χ3n) is 6.92. The third kappa shape index (κ3) is 6.38. The standard InChI is InChI=1S/C21H21.C5H5.C2H6Si.2ClH.Zr/c1-2-8-15-14(7-1)13-20-18-11-4-3-9-16(18)17-10-5-6-12-19(17)21(15)20;1-2-4-5-3-1;1-3-2;;;/h1-21H;1-3H,4H2;1-2H3;2*1H;/q2*-1;;;;+2/p-2. The predicted molar refractivity (Wildman–Crippen MR) is 126 cm³/mol. The maximum Gasteiger partial charge on any atom is -0.109 e. The van der Waals surface area contributed by atoms with Gasteiger partial charge >= 0.3 is 41.9 Å². The Balaban J connectivity index is 0.000000282. The molecule has 0 aromatic carbocycles. The molecule has 168 valence electrons. The van der Waals surface area contributed by atoms with Crippen molar-refractivity contribution < 1.29 is 48.1 Å². The van der Waals surface area contributed by atoms with Crippen LogP contribution in [0.5, 0.6) is 0 Å². The molecule has 0 heterocycles. The molecule has 0 radical (unpaired) electrons. The summed E-state index contributed by atoms with van der Waals surface area (Å²) in [7, 11) is 0. The molecule has 6 aliphatic rings. The van der Waals surface area contributed by atoms with E-state index in [1.807, 2.05) is 12.2 Å². The summed E-state index contributed by atoms with van der Waals surface area (Å²) in [5.41, 5.74) is 0.210. The van der Waals surface area contributed by atoms with Gasteiger partial charge in [0.2, 0.25) is 0 Å². The monoisotopic (exact) mass is 556 g/mol. The molecular weight excluding hydrogens is 527 g/mol. The number of hydrogen-bond donors (Lipinski definition) is 0. The Bertz CT molecular complexity index is 862. The molecule has 0 aromatic rings. The fourth-order valence-corrected chi connectivity index (χ4v) is 5.92. The van der Waals surface area contributed by atoms with Crippen LogP contribution in [-0.2, 0) is 23.3 Å². The van der Waals surface area contributed by atoms with Crippen LogP contribution in [0.2, 0.25) is 13.1 Å². The summed E-state index contributed by atoms with van der Waals surface area (Å²) in [5, 5.41) is 0. The molecule has 2 fully saturated rings. The fourth-order valence-electron chi connectivity index (χ4n) is 5.92. The minimum atomic E-state index is 0. The predicted octanol–water partition coefficient (Wildman–Crippen LogP) is 0.623. The van der Waals surface area contributed by atoms with Crippen LogP contribution in [0, 0.1) is 59.8 Å². The number of halogens is 2. The first-order chi connectivity index (χ1) is 14.7. The van der Waals surface area contributed by atoms with Crippen LogP contribution in [0.1, 0.15) is 6.42 Å². The number of rotatable bonds is 0. The average Bonchev–Trinajstić information content (AvgIpc) is 3.45. The maximum absolute atomic E-state index is 2.99. The van der Waals surface area contributed by atoms with E-state index in [2.05, 4.69) is 105 Å². The van der Waals surface area contributed by atoms with E-state index < -0.39 is 0 Å². The molecule has 0 amide bonds. The smallest absolute Gasteiger partial charge is 0.109 e. The molecule has 0 aliphatic heterocycles. The van der Waals surface area contributed by atoms with Crippen LogP contribution >= 0.6 is 0 Å². The summed E-state index contributed by atoms with van der Waals surface area (Å²) in [6.07, 6.45) is 41.0. The van der Waals surface area contributed by atoms with Gasteiger partial charge in [0.15, 0.2) is 0 Å². The van der Waals surface area contributed by atoms with Crippen LogP contribution in [0.4, 0.5) is 0 Å². The Morgan fingerprint density at radius 3 is 1.75 bits per heavy atom. The molecule has 0 aromatic heterocycles. The zero-order valence-electron chi connectivity index (χ0n) is 18.8. The van der Waals surface area contributed by atoms with Crippen molar-refractivity contribution in [1.82, 2.24) is 0 Å². The third-order valence-corrected chi connectivity index (χ3v) is 6.92. The molecule has 0 spiro atoms. The fraction of sp³-hybridized carbons (Fsp3) is 0.393. The van der Waals surface area contributed by atoms with Crippen molar-refractivity contribution in [2.24, 2.45) is 47.3 Å². The molecule has 8 unspecified atom stereocenters. The first kappa shape index (κ1) is 27.8. The van der Waals surface area contributed by atoms with Gasteiger partial charge in [-0.3, -0.25) is 6.08 Å². The summed E-state index contributed by atoms with van der Waals surface area (Å²) >= 11 is 1.74. The molecular formula is C28H32Cl2SiZr-2. The molecule has 2 saturated carbocycles. The molecule has 4 heteroatoms. The zero-order chi connectivity index (χ0) is 20.9. The van der Waals surface area contributed by atoms with Crippen LogP contribution in [0.25, 0.3) is 0 Å². The van der Waals surface area contributed by atoms with Gasteiger partial charge in [0.25, 0.3) is 0 Å². The normalized spacial score (nSPS) is 37.4. The molecule has 6 aliphatic carbocycles. The largest absolute Gasteiger partial charge is 1.00 e. The van der Waals surface area contributed by atoms with E-state index in [4.69, 9.17) is 0 Å². The molecule has 8 atom stereocenters. The van der Waals surface area contributed by atoms with Crippen LogP contribution in [-0.4, -0.2) is 5.43 Å². The van der Waals surface area contributed by atoms with E-state index in [1.165, 1.54) is 0 Å². The molecule has 0 nitrogen and oxygen atoms in total. The zero-order valence-corrected chi connectivity index (χ0v) is 23.8. The van der Waals surface area contributed by atoms with E-state index in [0.29, 0.717) is 35.5 Å². The number of hydrogen-bond acceptors (Lipinski definition) is 0. The van der Waals surface area contributed by atoms with E-state index >= 15 is 0 Å². The second-order valence-electron chi connectivity index (χ2n) is 9.12. The Labute approximate surface area is 222 Å². The van der Waals surface area contributed by atoms with Gasteiger partial charge < -0.3 is 31.2 Å². The van der Waals surface area contributed by atoms with E-state index in [0.717, 1.165) is 18.3 Å². The van der Waals surface area contributed by atoms with Gasteiger partial charge in [0.1, 0.15) is 0 Å². The summed E-state index contributed by atoms with van der Waals surface area (Å²) in [6.45, 7) is 4.62. The number of allylic oxidation sites excluding steroid dienone is 16. The van der Waals surface area contributed by atoms with Crippen molar-refractivity contribution in [2.75, 3.05) is 0 Å². The Morgan fingerprint density at radius 2 is 1.22 bits per heavy atom. The average molecular weight is 559 g/mol. The number of fused-ring (bicyclic) bond motifs is 8. The summed E-state index contributed by atoms with van der Waals surface area (Å²) in [6, 6.07) is 0. The Kier molecular flexibility index (Phi) is 11.7. The maximum atomic E-state index is 2.99. The second-order valence-corrected chi connectivity index (χ2v) is 18.5. The van der Waals surface area contributed by atoms with Crippen molar-refractivity contribution in [3.63, 3.8) is 0 Å². The van der Waals surface area contributed by atoms with Gasteiger partial charge in [-0.2, -0.15) is 12.0 Å². The van der Waals surface area contributed by atoms with Gasteiger partial charge in [-0.1, -0.05) is 72.8 Å². The van der Waals surface area contributed by atoms with Crippen LogP contribution in [0.15, 0.2) is 91.1 Å². The molecule has 32 heavy (non-hydrogen) atoms. The van der Waals surface area contributed by atoms with Gasteiger partial charge in [-0.05, 0) is 29.6 Å². The Morgan fingerprint density at radius 1 is 0.719 bits per heavy atom. The van der Waals surface area contributed by atoms with Crippen molar-refractivity contribution in [1.29, 1.82) is 0 Å². The van der Waals surface area contributed by atoms with Crippen LogP contribution in [0.3, 0.4) is 0 Å². The summed E-state index contributed by atoms with van der Waals surface area (Å²) in [5.74, 6) is 5.66. The van der Waals surface area contributed by atoms with Gasteiger partial charge in [-0.15, -0.1) is 18.4 Å². The summed E-state index contributed by atoms with van der Waals surface area (Å²) in [4.78, 5) is 0. The van der Waals surface area contributed by atoms with E-state index in [9.17, 15) is 0 Å². The molecule has 0 N–H and O–H groups in total. The van der Waals surface area contributed by atoms with E-state index in [-0.39, 0.29) is 30.2 Å². The minimum Gasteiger partial charge on any atom is -1.00 e. The quantitative estimate of drug-likeness (QED) is 0.302. The van der Waals surface area contributed by atoms with Crippen molar-refractivity contribution in [2.45, 2.75) is 19.5 Å². The second kappa shape index (κ2) is 13.5. The molecule has 0 saturated heterocycles.